The van der Waals surface area contributed by atoms with Gasteiger partial charge in [0.2, 0.25) is 5.91 Å². The second kappa shape index (κ2) is 5.15. The quantitative estimate of drug-likeness (QED) is 0.893. The SMILES string of the molecule is Cc1cccc(NC(=O)C2C(C(=O)O)[C@@H]3CC[C@H]2O3)c1C. The Kier molecular flexibility index (Phi) is 3.45. The molecule has 1 aromatic carbocycles. The average Bonchev–Trinajstić information content (AvgIpc) is 3.04. The Morgan fingerprint density at radius 3 is 2.52 bits per heavy atom. The number of aryl methyl sites for hydroxylation is 1. The first-order valence-corrected chi connectivity index (χ1v) is 7.24. The molecule has 2 bridgehead atoms. The highest BCUT2D eigenvalue weighted by Gasteiger charge is 2.55. The fourth-order valence-electron chi connectivity index (χ4n) is 3.43. The minimum Gasteiger partial charge on any atom is -0.481 e. The van der Waals surface area contributed by atoms with E-state index in [0.717, 1.165) is 29.7 Å². The highest BCUT2D eigenvalue weighted by Crippen LogP contribution is 2.44. The molecule has 2 fully saturated rings. The van der Waals surface area contributed by atoms with Gasteiger partial charge in [-0.3, -0.25) is 9.59 Å². The number of aliphatic carboxylic acids is 1. The zero-order chi connectivity index (χ0) is 15.1. The molecule has 21 heavy (non-hydrogen) atoms. The molecule has 2 unspecified atom stereocenters. The van der Waals surface area contributed by atoms with Crippen LogP contribution in [0.5, 0.6) is 0 Å². The smallest absolute Gasteiger partial charge is 0.310 e. The number of fused-ring (bicyclic) bond motifs is 2. The summed E-state index contributed by atoms with van der Waals surface area (Å²) >= 11 is 0. The Balaban J connectivity index is 1.82. The van der Waals surface area contributed by atoms with Gasteiger partial charge in [0, 0.05) is 5.69 Å². The molecule has 5 nitrogen and oxygen atoms in total. The molecule has 1 amide bonds. The maximum atomic E-state index is 12.5. The molecule has 0 radical (unpaired) electrons. The number of carbonyl (C=O) groups excluding carboxylic acids is 1. The minimum absolute atomic E-state index is 0.247. The van der Waals surface area contributed by atoms with E-state index in [1.54, 1.807) is 0 Å². The van der Waals surface area contributed by atoms with Crippen molar-refractivity contribution in [3.63, 3.8) is 0 Å². The molecule has 5 heteroatoms. The number of rotatable bonds is 3. The zero-order valence-corrected chi connectivity index (χ0v) is 12.1. The van der Waals surface area contributed by atoms with Gasteiger partial charge in [0.05, 0.1) is 24.0 Å². The van der Waals surface area contributed by atoms with E-state index in [1.807, 2.05) is 32.0 Å². The number of ether oxygens (including phenoxy) is 1. The highest BCUT2D eigenvalue weighted by atomic mass is 16.5. The molecule has 0 spiro atoms. The molecule has 2 saturated heterocycles. The lowest BCUT2D eigenvalue weighted by molar-refractivity contribution is -0.147. The topological polar surface area (TPSA) is 75.6 Å². The second-order valence-electron chi connectivity index (χ2n) is 5.92. The zero-order valence-electron chi connectivity index (χ0n) is 12.1. The van der Waals surface area contributed by atoms with Gasteiger partial charge in [-0.2, -0.15) is 0 Å². The van der Waals surface area contributed by atoms with Gasteiger partial charge in [-0.05, 0) is 43.9 Å². The van der Waals surface area contributed by atoms with Crippen molar-refractivity contribution in [2.75, 3.05) is 5.32 Å². The lowest BCUT2D eigenvalue weighted by Gasteiger charge is -2.24. The van der Waals surface area contributed by atoms with Crippen molar-refractivity contribution in [1.29, 1.82) is 0 Å². The maximum absolute atomic E-state index is 12.5. The first kappa shape index (κ1) is 14.1. The lowest BCUT2D eigenvalue weighted by atomic mass is 9.78. The van der Waals surface area contributed by atoms with Crippen LogP contribution in [0.3, 0.4) is 0 Å². The van der Waals surface area contributed by atoms with Crippen LogP contribution in [-0.2, 0) is 14.3 Å². The number of anilines is 1. The van der Waals surface area contributed by atoms with Crippen molar-refractivity contribution in [3.8, 4) is 0 Å². The molecule has 2 N–H and O–H groups in total. The predicted octanol–water partition coefficient (Wildman–Crippen LogP) is 2.12. The fourth-order valence-corrected chi connectivity index (χ4v) is 3.43. The number of nitrogens with one attached hydrogen (secondary N) is 1. The number of carboxylic acid groups (broad SMARTS) is 1. The van der Waals surface area contributed by atoms with Crippen LogP contribution in [-0.4, -0.2) is 29.2 Å². The van der Waals surface area contributed by atoms with Crippen LogP contribution in [0.2, 0.25) is 0 Å². The average molecular weight is 289 g/mol. The Morgan fingerprint density at radius 1 is 1.19 bits per heavy atom. The Hall–Kier alpha value is -1.88. The van der Waals surface area contributed by atoms with Crippen LogP contribution >= 0.6 is 0 Å². The number of carbonyl (C=O) groups is 2. The summed E-state index contributed by atoms with van der Waals surface area (Å²) in [5, 5.41) is 12.2. The molecule has 2 aliphatic rings. The molecule has 0 aromatic heterocycles. The maximum Gasteiger partial charge on any atom is 0.310 e. The third kappa shape index (κ3) is 2.31. The van der Waals surface area contributed by atoms with Gasteiger partial charge in [-0.1, -0.05) is 12.1 Å². The van der Waals surface area contributed by atoms with Crippen molar-refractivity contribution < 1.29 is 19.4 Å². The molecule has 4 atom stereocenters. The van der Waals surface area contributed by atoms with E-state index in [-0.39, 0.29) is 18.1 Å². The first-order chi connectivity index (χ1) is 9.99. The summed E-state index contributed by atoms with van der Waals surface area (Å²) in [5.74, 6) is -2.51. The number of hydrogen-bond acceptors (Lipinski definition) is 3. The van der Waals surface area contributed by atoms with Crippen LogP contribution in [0.4, 0.5) is 5.69 Å². The largest absolute Gasteiger partial charge is 0.481 e. The van der Waals surface area contributed by atoms with E-state index in [2.05, 4.69) is 5.32 Å². The van der Waals surface area contributed by atoms with Gasteiger partial charge in [-0.15, -0.1) is 0 Å². The van der Waals surface area contributed by atoms with Gasteiger partial charge in [-0.25, -0.2) is 0 Å². The molecule has 112 valence electrons. The number of carboxylic acids is 1. The van der Waals surface area contributed by atoms with Crippen LogP contribution in [0, 0.1) is 25.7 Å². The van der Waals surface area contributed by atoms with E-state index in [9.17, 15) is 14.7 Å². The van der Waals surface area contributed by atoms with Crippen LogP contribution in [0.25, 0.3) is 0 Å². The second-order valence-corrected chi connectivity index (χ2v) is 5.92. The third-order valence-corrected chi connectivity index (χ3v) is 4.72. The molecule has 3 rings (SSSR count). The Bertz CT molecular complexity index is 598. The monoisotopic (exact) mass is 289 g/mol. The molecule has 0 saturated carbocycles. The molecule has 0 aliphatic carbocycles. The van der Waals surface area contributed by atoms with E-state index >= 15 is 0 Å². The van der Waals surface area contributed by atoms with E-state index in [4.69, 9.17) is 4.74 Å². The summed E-state index contributed by atoms with van der Waals surface area (Å²) in [5.41, 5.74) is 2.83. The van der Waals surface area contributed by atoms with E-state index < -0.39 is 17.8 Å². The van der Waals surface area contributed by atoms with Crippen LogP contribution in [0.1, 0.15) is 24.0 Å². The Labute approximate surface area is 123 Å². The van der Waals surface area contributed by atoms with Gasteiger partial charge in [0.1, 0.15) is 0 Å². The highest BCUT2D eigenvalue weighted by molar-refractivity contribution is 5.96. The lowest BCUT2D eigenvalue weighted by Crippen LogP contribution is -2.41. The summed E-state index contributed by atoms with van der Waals surface area (Å²) in [6.45, 7) is 3.92. The van der Waals surface area contributed by atoms with Crippen molar-refractivity contribution in [3.05, 3.63) is 29.3 Å². The summed E-state index contributed by atoms with van der Waals surface area (Å²) in [6.07, 6.45) is 0.914. The number of hydrogen-bond donors (Lipinski definition) is 2. The summed E-state index contributed by atoms with van der Waals surface area (Å²) < 4.78 is 5.63. The number of amides is 1. The summed E-state index contributed by atoms with van der Waals surface area (Å²) in [7, 11) is 0. The predicted molar refractivity (Wildman–Crippen MR) is 77.1 cm³/mol. The van der Waals surface area contributed by atoms with Gasteiger partial charge >= 0.3 is 5.97 Å². The van der Waals surface area contributed by atoms with Crippen LogP contribution < -0.4 is 5.32 Å². The standard InChI is InChI=1S/C16H19NO4/c1-8-4-3-5-10(9(8)2)17-15(18)13-11-6-7-12(21-11)14(13)16(19)20/h3-5,11-14H,6-7H2,1-2H3,(H,17,18)(H,19,20)/t11-,12+,13?,14?/m1/s1. The minimum atomic E-state index is -0.941. The fraction of sp³-hybridized carbons (Fsp3) is 0.500. The third-order valence-electron chi connectivity index (χ3n) is 4.72. The van der Waals surface area contributed by atoms with Gasteiger partial charge < -0.3 is 15.2 Å². The van der Waals surface area contributed by atoms with Crippen molar-refractivity contribution in [2.24, 2.45) is 11.8 Å². The molecule has 2 aliphatic heterocycles. The molecular formula is C16H19NO4. The van der Waals surface area contributed by atoms with Gasteiger partial charge in [0.25, 0.3) is 0 Å². The van der Waals surface area contributed by atoms with E-state index in [1.165, 1.54) is 0 Å². The first-order valence-electron chi connectivity index (χ1n) is 7.24. The van der Waals surface area contributed by atoms with Crippen molar-refractivity contribution in [2.45, 2.75) is 38.9 Å². The number of benzene rings is 1. The van der Waals surface area contributed by atoms with E-state index in [0.29, 0.717) is 0 Å². The molecule has 2 heterocycles. The van der Waals surface area contributed by atoms with Gasteiger partial charge in [0.15, 0.2) is 0 Å². The molecule has 1 aromatic rings. The summed E-state index contributed by atoms with van der Waals surface area (Å²) in [4.78, 5) is 23.9. The van der Waals surface area contributed by atoms with Crippen molar-refractivity contribution in [1.82, 2.24) is 0 Å². The van der Waals surface area contributed by atoms with Crippen molar-refractivity contribution >= 4 is 17.6 Å². The normalized spacial score (nSPS) is 30.4. The molecular weight excluding hydrogens is 270 g/mol. The Morgan fingerprint density at radius 2 is 1.86 bits per heavy atom. The van der Waals surface area contributed by atoms with Crippen LogP contribution in [0.15, 0.2) is 18.2 Å². The summed E-state index contributed by atoms with van der Waals surface area (Å²) in [6, 6.07) is 5.69.